The molecule has 0 aliphatic heterocycles. The Hall–Kier alpha value is -2.57. The second-order valence-electron chi connectivity index (χ2n) is 7.34. The summed E-state index contributed by atoms with van der Waals surface area (Å²) in [5.74, 6) is -0.364. The first-order valence-corrected chi connectivity index (χ1v) is 14.2. The number of sulfone groups is 1. The van der Waals surface area contributed by atoms with Crippen LogP contribution in [0.15, 0.2) is 64.2 Å². The molecule has 35 heavy (non-hydrogen) atoms. The van der Waals surface area contributed by atoms with Gasteiger partial charge < -0.3 is 0 Å². The molecular weight excluding hydrogens is 549 g/mol. The van der Waals surface area contributed by atoms with Gasteiger partial charge in [-0.05, 0) is 30.2 Å². The van der Waals surface area contributed by atoms with E-state index in [-0.39, 0.29) is 21.6 Å². The quantitative estimate of drug-likeness (QED) is 0.170. The minimum absolute atomic E-state index is 0.0844. The number of aryl methyl sites for hydroxylation is 1. The number of anilines is 1. The SMILES string of the molecule is Cc1cccc(CS(=O)(=O)c2ncc(Cl)c(C(=O)Nc3nnc(SCc4ccc(Cl)cc4)s3)n2)c1. The Balaban J connectivity index is 1.45. The van der Waals surface area contributed by atoms with E-state index < -0.39 is 20.9 Å². The van der Waals surface area contributed by atoms with Crippen molar-refractivity contribution in [2.45, 2.75) is 27.9 Å². The fourth-order valence-corrected chi connectivity index (χ4v) is 6.14. The molecule has 4 aromatic rings. The summed E-state index contributed by atoms with van der Waals surface area (Å²) in [4.78, 5) is 20.6. The Kier molecular flexibility index (Phi) is 8.02. The van der Waals surface area contributed by atoms with Crippen LogP contribution in [0.4, 0.5) is 5.13 Å². The van der Waals surface area contributed by atoms with Gasteiger partial charge in [0.25, 0.3) is 5.91 Å². The number of halogens is 2. The largest absolute Gasteiger partial charge is 0.295 e. The van der Waals surface area contributed by atoms with Gasteiger partial charge in [-0.2, -0.15) is 0 Å². The topological polar surface area (TPSA) is 115 Å². The predicted octanol–water partition coefficient (Wildman–Crippen LogP) is 5.46. The molecule has 0 spiro atoms. The lowest BCUT2D eigenvalue weighted by atomic mass is 10.2. The molecule has 2 aromatic heterocycles. The number of aromatic nitrogens is 4. The van der Waals surface area contributed by atoms with Crippen molar-refractivity contribution in [2.24, 2.45) is 0 Å². The standard InChI is InChI=1S/C22H17Cl2N5O3S3/c1-13-3-2-4-15(9-13)12-35(31,32)21-25-10-17(24)18(26-21)19(30)27-20-28-29-22(34-20)33-11-14-5-7-16(23)8-6-14/h2-10H,11-12H2,1H3,(H,27,28,30). The molecule has 0 aliphatic rings. The molecule has 13 heteroatoms. The van der Waals surface area contributed by atoms with Crippen molar-refractivity contribution in [1.82, 2.24) is 20.2 Å². The lowest BCUT2D eigenvalue weighted by molar-refractivity contribution is 0.102. The van der Waals surface area contributed by atoms with E-state index in [4.69, 9.17) is 23.2 Å². The molecule has 2 heterocycles. The van der Waals surface area contributed by atoms with Crippen LogP contribution in [0.1, 0.15) is 27.2 Å². The van der Waals surface area contributed by atoms with Crippen LogP contribution in [-0.4, -0.2) is 34.5 Å². The van der Waals surface area contributed by atoms with Crippen molar-refractivity contribution in [3.63, 3.8) is 0 Å². The smallest absolute Gasteiger partial charge is 0.277 e. The molecule has 8 nitrogen and oxygen atoms in total. The lowest BCUT2D eigenvalue weighted by Crippen LogP contribution is -2.18. The highest BCUT2D eigenvalue weighted by Crippen LogP contribution is 2.29. The summed E-state index contributed by atoms with van der Waals surface area (Å²) in [6.07, 6.45) is 1.10. The number of nitrogens with zero attached hydrogens (tertiary/aromatic N) is 4. The van der Waals surface area contributed by atoms with Crippen LogP contribution in [0.5, 0.6) is 0 Å². The van der Waals surface area contributed by atoms with Crippen molar-refractivity contribution in [1.29, 1.82) is 0 Å². The fourth-order valence-electron chi connectivity index (χ4n) is 2.95. The lowest BCUT2D eigenvalue weighted by Gasteiger charge is -2.07. The number of benzene rings is 2. The molecule has 0 saturated heterocycles. The van der Waals surface area contributed by atoms with E-state index in [0.29, 0.717) is 20.7 Å². The maximum Gasteiger partial charge on any atom is 0.277 e. The van der Waals surface area contributed by atoms with Gasteiger partial charge in [-0.15, -0.1) is 10.2 Å². The van der Waals surface area contributed by atoms with Gasteiger partial charge in [-0.1, -0.05) is 88.3 Å². The van der Waals surface area contributed by atoms with Crippen molar-refractivity contribution in [3.05, 3.63) is 87.2 Å². The van der Waals surface area contributed by atoms with Gasteiger partial charge in [0.2, 0.25) is 20.1 Å². The van der Waals surface area contributed by atoms with Crippen molar-refractivity contribution < 1.29 is 13.2 Å². The molecule has 1 amide bonds. The molecule has 2 aromatic carbocycles. The summed E-state index contributed by atoms with van der Waals surface area (Å²) in [6.45, 7) is 1.87. The van der Waals surface area contributed by atoms with Crippen LogP contribution in [-0.2, 0) is 21.3 Å². The monoisotopic (exact) mass is 565 g/mol. The highest BCUT2D eigenvalue weighted by Gasteiger charge is 2.24. The van der Waals surface area contributed by atoms with Crippen LogP contribution < -0.4 is 5.32 Å². The average molecular weight is 567 g/mol. The first-order chi connectivity index (χ1) is 16.7. The maximum absolute atomic E-state index is 12.8. The summed E-state index contributed by atoms with van der Waals surface area (Å²) in [7, 11) is -3.91. The number of nitrogens with one attached hydrogen (secondary N) is 1. The summed E-state index contributed by atoms with van der Waals surface area (Å²) < 4.78 is 26.3. The van der Waals surface area contributed by atoms with Crippen LogP contribution in [0.2, 0.25) is 10.0 Å². The van der Waals surface area contributed by atoms with Crippen LogP contribution in [0.3, 0.4) is 0 Å². The molecule has 0 radical (unpaired) electrons. The molecule has 4 rings (SSSR count). The Bertz CT molecular complexity index is 1480. The summed E-state index contributed by atoms with van der Waals surface area (Å²) >= 11 is 14.6. The van der Waals surface area contributed by atoms with E-state index in [1.165, 1.54) is 23.1 Å². The zero-order valence-corrected chi connectivity index (χ0v) is 22.1. The first kappa shape index (κ1) is 25.5. The Labute approximate surface area is 220 Å². The number of hydrogen-bond donors (Lipinski definition) is 1. The zero-order chi connectivity index (χ0) is 25.0. The van der Waals surface area contributed by atoms with Crippen molar-refractivity contribution >= 4 is 67.2 Å². The number of thioether (sulfide) groups is 1. The molecule has 0 atom stereocenters. The molecule has 0 bridgehead atoms. The highest BCUT2D eigenvalue weighted by atomic mass is 35.5. The number of amides is 1. The van der Waals surface area contributed by atoms with Gasteiger partial charge in [0.15, 0.2) is 10.0 Å². The van der Waals surface area contributed by atoms with Crippen molar-refractivity contribution in [2.75, 3.05) is 5.32 Å². The van der Waals surface area contributed by atoms with E-state index in [9.17, 15) is 13.2 Å². The Morgan fingerprint density at radius 2 is 1.86 bits per heavy atom. The van der Waals surface area contributed by atoms with Gasteiger partial charge in [-0.25, -0.2) is 18.4 Å². The third-order valence-electron chi connectivity index (χ3n) is 4.56. The zero-order valence-electron chi connectivity index (χ0n) is 18.1. The minimum atomic E-state index is -3.91. The van der Waals surface area contributed by atoms with Gasteiger partial charge in [0.05, 0.1) is 17.0 Å². The van der Waals surface area contributed by atoms with Gasteiger partial charge in [-0.3, -0.25) is 10.1 Å². The van der Waals surface area contributed by atoms with Gasteiger partial charge in [0.1, 0.15) is 0 Å². The molecule has 0 aliphatic carbocycles. The molecule has 180 valence electrons. The third-order valence-corrected chi connectivity index (χ3v) is 8.60. The van der Waals surface area contributed by atoms with Gasteiger partial charge in [0, 0.05) is 10.8 Å². The molecular formula is C22H17Cl2N5O3S3. The number of carbonyl (C=O) groups is 1. The summed E-state index contributed by atoms with van der Waals surface area (Å²) in [5.41, 5.74) is 2.31. The molecule has 0 fully saturated rings. The molecule has 0 saturated carbocycles. The maximum atomic E-state index is 12.8. The normalized spacial score (nSPS) is 11.4. The Morgan fingerprint density at radius 3 is 2.60 bits per heavy atom. The predicted molar refractivity (Wildman–Crippen MR) is 138 cm³/mol. The second-order valence-corrected chi connectivity index (χ2v) is 12.3. The van der Waals surface area contributed by atoms with E-state index >= 15 is 0 Å². The molecule has 1 N–H and O–H groups in total. The van der Waals surface area contributed by atoms with E-state index in [1.807, 2.05) is 37.3 Å². The van der Waals surface area contributed by atoms with Crippen LogP contribution in [0.25, 0.3) is 0 Å². The van der Waals surface area contributed by atoms with Crippen LogP contribution >= 0.6 is 46.3 Å². The van der Waals surface area contributed by atoms with E-state index in [2.05, 4.69) is 25.5 Å². The number of hydrogen-bond acceptors (Lipinski definition) is 9. The first-order valence-electron chi connectivity index (χ1n) is 10.0. The second kappa shape index (κ2) is 11.0. The highest BCUT2D eigenvalue weighted by molar-refractivity contribution is 8.00. The summed E-state index contributed by atoms with van der Waals surface area (Å²) in [6, 6.07) is 14.6. The van der Waals surface area contributed by atoms with E-state index in [0.717, 1.165) is 17.3 Å². The fraction of sp³-hybridized carbons (Fsp3) is 0.136. The average Bonchev–Trinajstić information content (AvgIpc) is 3.25. The minimum Gasteiger partial charge on any atom is -0.295 e. The van der Waals surface area contributed by atoms with Gasteiger partial charge >= 0.3 is 0 Å². The third kappa shape index (κ3) is 6.77. The van der Waals surface area contributed by atoms with Crippen molar-refractivity contribution in [3.8, 4) is 0 Å². The molecule has 0 unspecified atom stereocenters. The number of rotatable bonds is 8. The summed E-state index contributed by atoms with van der Waals surface area (Å²) in [5, 5.41) is 10.9. The Morgan fingerprint density at radius 1 is 1.09 bits per heavy atom. The van der Waals surface area contributed by atoms with Crippen LogP contribution in [0, 0.1) is 6.92 Å². The number of carbonyl (C=O) groups excluding carboxylic acids is 1. The van der Waals surface area contributed by atoms with E-state index in [1.54, 1.807) is 18.2 Å².